The minimum Gasteiger partial charge on any atom is -0.493 e. The highest BCUT2D eigenvalue weighted by molar-refractivity contribution is 5.85. The van der Waals surface area contributed by atoms with Crippen molar-refractivity contribution >= 4 is 10.9 Å². The standard InChI is InChI=1S/C20H24N2O2/c1-13-19(15-8-6-7-9-16(15)21-13)20(22(2)3)14-10-11-17(23-4)18(12-14)24-5/h6-12,20-21H,1-5H3. The third-order valence-electron chi connectivity index (χ3n) is 4.46. The first-order valence-electron chi connectivity index (χ1n) is 8.02. The van der Waals surface area contributed by atoms with E-state index in [0.29, 0.717) is 0 Å². The number of nitrogens with zero attached hydrogens (tertiary/aromatic N) is 1. The number of H-pyrrole nitrogens is 1. The van der Waals surface area contributed by atoms with Gasteiger partial charge >= 0.3 is 0 Å². The number of aryl methyl sites for hydroxylation is 1. The Hall–Kier alpha value is -2.46. The summed E-state index contributed by atoms with van der Waals surface area (Å²) in [5.74, 6) is 1.49. The first-order chi connectivity index (χ1) is 11.6. The lowest BCUT2D eigenvalue weighted by Gasteiger charge is -2.26. The zero-order valence-electron chi connectivity index (χ0n) is 14.9. The van der Waals surface area contributed by atoms with Crippen molar-refractivity contribution < 1.29 is 9.47 Å². The number of rotatable bonds is 5. The second-order valence-corrected chi connectivity index (χ2v) is 6.19. The van der Waals surface area contributed by atoms with Gasteiger partial charge in [-0.05, 0) is 44.8 Å². The fourth-order valence-corrected chi connectivity index (χ4v) is 3.40. The van der Waals surface area contributed by atoms with Gasteiger partial charge < -0.3 is 14.5 Å². The highest BCUT2D eigenvalue weighted by Gasteiger charge is 2.23. The van der Waals surface area contributed by atoms with Gasteiger partial charge in [0.05, 0.1) is 20.3 Å². The normalized spacial score (nSPS) is 12.6. The maximum absolute atomic E-state index is 5.49. The molecule has 0 bridgehead atoms. The molecule has 0 aliphatic heterocycles. The largest absolute Gasteiger partial charge is 0.493 e. The number of aromatic amines is 1. The van der Waals surface area contributed by atoms with E-state index in [4.69, 9.17) is 9.47 Å². The van der Waals surface area contributed by atoms with Crippen LogP contribution in [0.3, 0.4) is 0 Å². The molecule has 4 nitrogen and oxygen atoms in total. The maximum Gasteiger partial charge on any atom is 0.161 e. The van der Waals surface area contributed by atoms with Crippen LogP contribution in [0.2, 0.25) is 0 Å². The minimum absolute atomic E-state index is 0.126. The molecule has 0 fully saturated rings. The fourth-order valence-electron chi connectivity index (χ4n) is 3.40. The van der Waals surface area contributed by atoms with Crippen molar-refractivity contribution in [2.45, 2.75) is 13.0 Å². The summed E-state index contributed by atoms with van der Waals surface area (Å²) in [7, 11) is 7.53. The van der Waals surface area contributed by atoms with Crippen molar-refractivity contribution in [2.75, 3.05) is 28.3 Å². The summed E-state index contributed by atoms with van der Waals surface area (Å²) in [6, 6.07) is 14.7. The van der Waals surface area contributed by atoms with Crippen molar-refractivity contribution in [3.8, 4) is 11.5 Å². The van der Waals surface area contributed by atoms with E-state index in [1.54, 1.807) is 14.2 Å². The van der Waals surface area contributed by atoms with Gasteiger partial charge in [0.1, 0.15) is 0 Å². The molecule has 1 atom stereocenters. The van der Waals surface area contributed by atoms with Gasteiger partial charge in [-0.1, -0.05) is 24.3 Å². The quantitative estimate of drug-likeness (QED) is 0.766. The van der Waals surface area contributed by atoms with Crippen LogP contribution in [0.4, 0.5) is 0 Å². The average Bonchev–Trinajstić information content (AvgIpc) is 2.91. The van der Waals surface area contributed by atoms with Gasteiger partial charge in [-0.2, -0.15) is 0 Å². The summed E-state index contributed by atoms with van der Waals surface area (Å²) < 4.78 is 10.9. The summed E-state index contributed by atoms with van der Waals surface area (Å²) >= 11 is 0. The topological polar surface area (TPSA) is 37.5 Å². The van der Waals surface area contributed by atoms with Crippen LogP contribution in [-0.2, 0) is 0 Å². The van der Waals surface area contributed by atoms with Crippen molar-refractivity contribution in [1.82, 2.24) is 9.88 Å². The van der Waals surface area contributed by atoms with Gasteiger partial charge in [0, 0.05) is 22.2 Å². The molecule has 0 amide bonds. The first-order valence-corrected chi connectivity index (χ1v) is 8.02. The maximum atomic E-state index is 5.49. The lowest BCUT2D eigenvalue weighted by atomic mass is 9.95. The number of nitrogens with one attached hydrogen (secondary N) is 1. The van der Waals surface area contributed by atoms with Crippen LogP contribution in [-0.4, -0.2) is 38.2 Å². The molecular weight excluding hydrogens is 300 g/mol. The zero-order chi connectivity index (χ0) is 17.3. The molecular formula is C20H24N2O2. The monoisotopic (exact) mass is 324 g/mol. The first kappa shape index (κ1) is 16.4. The molecule has 0 spiro atoms. The number of methoxy groups -OCH3 is 2. The summed E-state index contributed by atoms with van der Waals surface area (Å²) in [6.07, 6.45) is 0. The van der Waals surface area contributed by atoms with Gasteiger partial charge in [0.25, 0.3) is 0 Å². The number of benzene rings is 2. The predicted molar refractivity (Wildman–Crippen MR) is 98.1 cm³/mol. The second kappa shape index (κ2) is 6.57. The second-order valence-electron chi connectivity index (χ2n) is 6.19. The van der Waals surface area contributed by atoms with Crippen LogP contribution in [0.25, 0.3) is 10.9 Å². The van der Waals surface area contributed by atoms with E-state index in [2.05, 4.69) is 67.3 Å². The van der Waals surface area contributed by atoms with Crippen LogP contribution in [0, 0.1) is 6.92 Å². The van der Waals surface area contributed by atoms with Gasteiger partial charge in [-0.25, -0.2) is 0 Å². The van der Waals surface area contributed by atoms with E-state index in [1.807, 2.05) is 6.07 Å². The molecule has 1 heterocycles. The van der Waals surface area contributed by atoms with Crippen molar-refractivity contribution in [1.29, 1.82) is 0 Å². The summed E-state index contributed by atoms with van der Waals surface area (Å²) in [4.78, 5) is 5.73. The third kappa shape index (κ3) is 2.74. The fraction of sp³-hybridized carbons (Fsp3) is 0.300. The van der Waals surface area contributed by atoms with E-state index in [-0.39, 0.29) is 6.04 Å². The van der Waals surface area contributed by atoms with Crippen molar-refractivity contribution in [2.24, 2.45) is 0 Å². The van der Waals surface area contributed by atoms with E-state index >= 15 is 0 Å². The number of para-hydroxylation sites is 1. The SMILES string of the molecule is COc1ccc(C(c2c(C)[nH]c3ccccc23)N(C)C)cc1OC. The lowest BCUT2D eigenvalue weighted by Crippen LogP contribution is -2.21. The number of fused-ring (bicyclic) bond motifs is 1. The highest BCUT2D eigenvalue weighted by atomic mass is 16.5. The molecule has 3 aromatic rings. The van der Waals surface area contributed by atoms with Gasteiger partial charge in [0.15, 0.2) is 11.5 Å². The Morgan fingerprint density at radius 1 is 0.958 bits per heavy atom. The van der Waals surface area contributed by atoms with Gasteiger partial charge in [0.2, 0.25) is 0 Å². The molecule has 0 saturated carbocycles. The number of ether oxygens (including phenoxy) is 2. The van der Waals surface area contributed by atoms with Crippen LogP contribution in [0.1, 0.15) is 22.9 Å². The molecule has 0 radical (unpaired) electrons. The van der Waals surface area contributed by atoms with Crippen molar-refractivity contribution in [3.63, 3.8) is 0 Å². The zero-order valence-corrected chi connectivity index (χ0v) is 14.9. The Morgan fingerprint density at radius 2 is 1.67 bits per heavy atom. The summed E-state index contributed by atoms with van der Waals surface area (Å²) in [5, 5.41) is 1.25. The number of hydrogen-bond acceptors (Lipinski definition) is 3. The molecule has 2 aromatic carbocycles. The molecule has 1 aromatic heterocycles. The molecule has 0 aliphatic carbocycles. The van der Waals surface area contributed by atoms with Crippen molar-refractivity contribution in [3.05, 3.63) is 59.3 Å². The average molecular weight is 324 g/mol. The molecule has 1 unspecified atom stereocenters. The summed E-state index contributed by atoms with van der Waals surface area (Å²) in [6.45, 7) is 2.13. The molecule has 0 saturated heterocycles. The lowest BCUT2D eigenvalue weighted by molar-refractivity contribution is 0.335. The highest BCUT2D eigenvalue weighted by Crippen LogP contribution is 2.38. The summed E-state index contributed by atoms with van der Waals surface area (Å²) in [5.41, 5.74) is 4.82. The van der Waals surface area contributed by atoms with E-state index in [9.17, 15) is 0 Å². The van der Waals surface area contributed by atoms with E-state index in [0.717, 1.165) is 17.0 Å². The molecule has 1 N–H and O–H groups in total. The Kier molecular flexibility index (Phi) is 4.49. The molecule has 126 valence electrons. The number of aromatic nitrogens is 1. The van der Waals surface area contributed by atoms with Gasteiger partial charge in [-0.3, -0.25) is 4.90 Å². The smallest absolute Gasteiger partial charge is 0.161 e. The Balaban J connectivity index is 2.19. The Morgan fingerprint density at radius 3 is 2.33 bits per heavy atom. The Labute approximate surface area is 143 Å². The van der Waals surface area contributed by atoms with Crippen LogP contribution in [0.5, 0.6) is 11.5 Å². The predicted octanol–water partition coefficient (Wildman–Crippen LogP) is 4.14. The molecule has 4 heteroatoms. The van der Waals surface area contributed by atoms with Gasteiger partial charge in [-0.15, -0.1) is 0 Å². The van der Waals surface area contributed by atoms with Crippen LogP contribution in [0.15, 0.2) is 42.5 Å². The van der Waals surface area contributed by atoms with E-state index in [1.165, 1.54) is 22.2 Å². The third-order valence-corrected chi connectivity index (χ3v) is 4.46. The Bertz CT molecular complexity index is 852. The molecule has 3 rings (SSSR count). The molecule has 0 aliphatic rings. The van der Waals surface area contributed by atoms with E-state index < -0.39 is 0 Å². The molecule has 24 heavy (non-hydrogen) atoms. The minimum atomic E-state index is 0.126. The van der Waals surface area contributed by atoms with Crippen LogP contribution < -0.4 is 9.47 Å². The van der Waals surface area contributed by atoms with Crippen LogP contribution >= 0.6 is 0 Å². The number of hydrogen-bond donors (Lipinski definition) is 1.